The Balaban J connectivity index is 1.76. The molecule has 2 rings (SSSR count). The molecule has 1 saturated heterocycles. The highest BCUT2D eigenvalue weighted by atomic mass is 32.2. The summed E-state index contributed by atoms with van der Waals surface area (Å²) in [5.74, 6) is 1.44. The lowest BCUT2D eigenvalue weighted by Crippen LogP contribution is -2.36. The van der Waals surface area contributed by atoms with E-state index in [1.165, 1.54) is 0 Å². The number of sulfone groups is 1. The normalized spacial score (nSPS) is 20.8. The van der Waals surface area contributed by atoms with Gasteiger partial charge >= 0.3 is 0 Å². The van der Waals surface area contributed by atoms with Gasteiger partial charge in [0.05, 0.1) is 18.6 Å². The molecule has 1 N–H and O–H groups in total. The fourth-order valence-electron chi connectivity index (χ4n) is 2.36. The van der Waals surface area contributed by atoms with Crippen LogP contribution in [0.15, 0.2) is 24.3 Å². The number of benzene rings is 1. The zero-order valence-corrected chi connectivity index (χ0v) is 12.8. The lowest BCUT2D eigenvalue weighted by molar-refractivity contribution is 0.415. The third-order valence-corrected chi connectivity index (χ3v) is 5.39. The summed E-state index contributed by atoms with van der Waals surface area (Å²) in [4.78, 5) is 2.13. The molecule has 1 aliphatic heterocycles. The number of methoxy groups -OCH3 is 1. The Hall–Kier alpha value is -1.27. The van der Waals surface area contributed by atoms with Crippen LogP contribution < -0.4 is 15.0 Å². The molecule has 1 unspecified atom stereocenters. The van der Waals surface area contributed by atoms with Crippen LogP contribution in [0.2, 0.25) is 0 Å². The molecule has 0 bridgehead atoms. The predicted molar refractivity (Wildman–Crippen MR) is 81.3 cm³/mol. The van der Waals surface area contributed by atoms with Gasteiger partial charge in [-0.3, -0.25) is 0 Å². The fourth-order valence-corrected chi connectivity index (χ4v) is 4.07. The van der Waals surface area contributed by atoms with E-state index in [1.807, 2.05) is 31.3 Å². The number of likely N-dealkylation sites (N-methyl/N-ethyl adjacent to an activating group) is 1. The molecule has 0 aromatic heterocycles. The molecule has 1 atom stereocenters. The van der Waals surface area contributed by atoms with Crippen LogP contribution in [-0.4, -0.2) is 53.2 Å². The van der Waals surface area contributed by atoms with E-state index in [9.17, 15) is 8.42 Å². The molecule has 0 amide bonds. The van der Waals surface area contributed by atoms with Gasteiger partial charge < -0.3 is 15.0 Å². The molecule has 1 heterocycles. The number of nitrogens with one attached hydrogen (secondary N) is 1. The van der Waals surface area contributed by atoms with Gasteiger partial charge in [0.1, 0.15) is 5.75 Å². The first kappa shape index (κ1) is 15.1. The summed E-state index contributed by atoms with van der Waals surface area (Å²) in [6.07, 6.45) is 0.731. The van der Waals surface area contributed by atoms with Gasteiger partial charge in [-0.2, -0.15) is 0 Å². The molecular weight excluding hydrogens is 276 g/mol. The third kappa shape index (κ3) is 4.11. The van der Waals surface area contributed by atoms with E-state index in [-0.39, 0.29) is 11.8 Å². The maximum Gasteiger partial charge on any atom is 0.151 e. The predicted octanol–water partition coefficient (Wildman–Crippen LogP) is 0.908. The Morgan fingerprint density at radius 3 is 2.60 bits per heavy atom. The van der Waals surface area contributed by atoms with E-state index >= 15 is 0 Å². The lowest BCUT2D eigenvalue weighted by Gasteiger charge is -2.21. The van der Waals surface area contributed by atoms with Gasteiger partial charge in [-0.1, -0.05) is 0 Å². The maximum atomic E-state index is 11.4. The van der Waals surface area contributed by atoms with Gasteiger partial charge in [-0.25, -0.2) is 8.42 Å². The first-order valence-electron chi connectivity index (χ1n) is 6.79. The quantitative estimate of drug-likeness (QED) is 0.846. The molecule has 5 nitrogen and oxygen atoms in total. The Labute approximate surface area is 120 Å². The van der Waals surface area contributed by atoms with E-state index < -0.39 is 9.84 Å². The lowest BCUT2D eigenvalue weighted by atomic mass is 10.2. The van der Waals surface area contributed by atoms with Gasteiger partial charge in [0.15, 0.2) is 9.84 Å². The molecule has 0 radical (unpaired) electrons. The summed E-state index contributed by atoms with van der Waals surface area (Å²) in [6, 6.07) is 8.01. The minimum atomic E-state index is -2.80. The maximum absolute atomic E-state index is 11.4. The van der Waals surface area contributed by atoms with Crippen LogP contribution in [0.5, 0.6) is 5.75 Å². The van der Waals surface area contributed by atoms with Crippen molar-refractivity contribution in [2.24, 2.45) is 0 Å². The number of nitrogens with zero attached hydrogens (tertiary/aromatic N) is 1. The summed E-state index contributed by atoms with van der Waals surface area (Å²) in [5.41, 5.74) is 1.12. The average Bonchev–Trinajstić information content (AvgIpc) is 2.78. The van der Waals surface area contributed by atoms with Crippen molar-refractivity contribution in [2.45, 2.75) is 12.5 Å². The Morgan fingerprint density at radius 2 is 2.05 bits per heavy atom. The molecule has 1 aliphatic rings. The summed E-state index contributed by atoms with van der Waals surface area (Å²) in [7, 11) is 0.878. The minimum absolute atomic E-state index is 0.115. The van der Waals surface area contributed by atoms with E-state index in [4.69, 9.17) is 4.74 Å². The van der Waals surface area contributed by atoms with Crippen molar-refractivity contribution in [1.29, 1.82) is 0 Å². The molecule has 0 aliphatic carbocycles. The summed E-state index contributed by atoms with van der Waals surface area (Å²) < 4.78 is 27.8. The smallest absolute Gasteiger partial charge is 0.151 e. The van der Waals surface area contributed by atoms with Crippen LogP contribution in [0, 0.1) is 0 Å². The van der Waals surface area contributed by atoms with Crippen LogP contribution in [0.1, 0.15) is 6.42 Å². The number of rotatable bonds is 6. The van der Waals surface area contributed by atoms with E-state index in [2.05, 4.69) is 10.2 Å². The molecular formula is C14H22N2O3S. The van der Waals surface area contributed by atoms with Crippen molar-refractivity contribution in [3.8, 4) is 5.75 Å². The van der Waals surface area contributed by atoms with Crippen molar-refractivity contribution in [2.75, 3.05) is 43.7 Å². The number of hydrogen-bond acceptors (Lipinski definition) is 5. The SMILES string of the molecule is COc1ccc(N(C)CCNC2CCS(=O)(=O)C2)cc1. The number of ether oxygens (including phenoxy) is 1. The largest absolute Gasteiger partial charge is 0.497 e. The van der Waals surface area contributed by atoms with E-state index in [1.54, 1.807) is 7.11 Å². The summed E-state index contributed by atoms with van der Waals surface area (Å²) in [5, 5.41) is 3.31. The summed E-state index contributed by atoms with van der Waals surface area (Å²) in [6.45, 7) is 1.62. The van der Waals surface area contributed by atoms with Crippen LogP contribution in [0.25, 0.3) is 0 Å². The van der Waals surface area contributed by atoms with Gasteiger partial charge in [0.2, 0.25) is 0 Å². The molecule has 112 valence electrons. The standard InChI is InChI=1S/C14H22N2O3S/c1-16(13-3-5-14(19-2)6-4-13)9-8-15-12-7-10-20(17,18)11-12/h3-6,12,15H,7-11H2,1-2H3. The van der Waals surface area contributed by atoms with Gasteiger partial charge in [-0.15, -0.1) is 0 Å². The first-order chi connectivity index (χ1) is 9.50. The molecule has 1 fully saturated rings. The highest BCUT2D eigenvalue weighted by molar-refractivity contribution is 7.91. The van der Waals surface area contributed by atoms with Crippen LogP contribution in [0.3, 0.4) is 0 Å². The molecule has 1 aromatic carbocycles. The molecule has 0 saturated carbocycles. The molecule has 20 heavy (non-hydrogen) atoms. The van der Waals surface area contributed by atoms with Crippen LogP contribution >= 0.6 is 0 Å². The van der Waals surface area contributed by atoms with E-state index in [0.29, 0.717) is 5.75 Å². The van der Waals surface area contributed by atoms with Gasteiger partial charge in [0.25, 0.3) is 0 Å². The molecule has 6 heteroatoms. The third-order valence-electron chi connectivity index (χ3n) is 3.63. The second-order valence-corrected chi connectivity index (χ2v) is 7.40. The van der Waals surface area contributed by atoms with Crippen molar-refractivity contribution >= 4 is 15.5 Å². The van der Waals surface area contributed by atoms with E-state index in [0.717, 1.165) is 30.9 Å². The average molecular weight is 298 g/mol. The second kappa shape index (κ2) is 6.45. The highest BCUT2D eigenvalue weighted by Crippen LogP contribution is 2.17. The Morgan fingerprint density at radius 1 is 1.35 bits per heavy atom. The van der Waals surface area contributed by atoms with Crippen molar-refractivity contribution in [3.05, 3.63) is 24.3 Å². The zero-order chi connectivity index (χ0) is 14.6. The first-order valence-corrected chi connectivity index (χ1v) is 8.61. The zero-order valence-electron chi connectivity index (χ0n) is 12.0. The van der Waals surface area contributed by atoms with Gasteiger partial charge in [-0.05, 0) is 30.7 Å². The Bertz CT molecular complexity index is 528. The van der Waals surface area contributed by atoms with Crippen molar-refractivity contribution in [3.63, 3.8) is 0 Å². The van der Waals surface area contributed by atoms with Crippen molar-refractivity contribution in [1.82, 2.24) is 5.32 Å². The molecule has 1 aromatic rings. The topological polar surface area (TPSA) is 58.6 Å². The van der Waals surface area contributed by atoms with Crippen LogP contribution in [0.4, 0.5) is 5.69 Å². The summed E-state index contributed by atoms with van der Waals surface area (Å²) >= 11 is 0. The van der Waals surface area contributed by atoms with Gasteiger partial charge in [0, 0.05) is 31.9 Å². The monoisotopic (exact) mass is 298 g/mol. The van der Waals surface area contributed by atoms with Crippen molar-refractivity contribution < 1.29 is 13.2 Å². The molecule has 0 spiro atoms. The number of anilines is 1. The Kier molecular flexibility index (Phi) is 4.88. The number of hydrogen-bond donors (Lipinski definition) is 1. The minimum Gasteiger partial charge on any atom is -0.497 e. The fraction of sp³-hybridized carbons (Fsp3) is 0.571. The second-order valence-electron chi connectivity index (χ2n) is 5.17. The highest BCUT2D eigenvalue weighted by Gasteiger charge is 2.27. The van der Waals surface area contributed by atoms with Crippen LogP contribution in [-0.2, 0) is 9.84 Å².